The van der Waals surface area contributed by atoms with Gasteiger partial charge in [0.25, 0.3) is 0 Å². The fourth-order valence-corrected chi connectivity index (χ4v) is 3.16. The zero-order valence-corrected chi connectivity index (χ0v) is 15.8. The number of hydrogen-bond donors (Lipinski definition) is 1. The first-order valence-corrected chi connectivity index (χ1v) is 8.09. The highest BCUT2D eigenvalue weighted by molar-refractivity contribution is 14.0. The van der Waals surface area contributed by atoms with E-state index >= 15 is 0 Å². The van der Waals surface area contributed by atoms with Crippen LogP contribution in [0.15, 0.2) is 22.5 Å². The maximum absolute atomic E-state index is 4.40. The van der Waals surface area contributed by atoms with E-state index in [-0.39, 0.29) is 24.0 Å². The lowest BCUT2D eigenvalue weighted by Crippen LogP contribution is -2.41. The van der Waals surface area contributed by atoms with Gasteiger partial charge in [-0.3, -0.25) is 4.99 Å². The Labute approximate surface area is 143 Å². The fraction of sp³-hybridized carbons (Fsp3) is 0.667. The van der Waals surface area contributed by atoms with E-state index < -0.39 is 0 Å². The molecule has 1 fully saturated rings. The normalized spacial score (nSPS) is 21.2. The van der Waals surface area contributed by atoms with Gasteiger partial charge in [-0.25, -0.2) is 0 Å². The highest BCUT2D eigenvalue weighted by Gasteiger charge is 2.36. The molecule has 0 radical (unpaired) electrons. The van der Waals surface area contributed by atoms with Crippen LogP contribution in [0.3, 0.4) is 0 Å². The average Bonchev–Trinajstić information content (AvgIpc) is 2.92. The van der Waals surface area contributed by atoms with Crippen LogP contribution in [0.25, 0.3) is 0 Å². The minimum atomic E-state index is 0. The SMILES string of the molecule is CCCC1CC1NC(=NC)N(C)CCc1cccs1.I. The molecule has 0 saturated heterocycles. The summed E-state index contributed by atoms with van der Waals surface area (Å²) in [5.41, 5.74) is 0. The Kier molecular flexibility index (Phi) is 7.87. The van der Waals surface area contributed by atoms with E-state index in [1.165, 1.54) is 24.1 Å². The molecule has 0 aromatic carbocycles. The Morgan fingerprint density at radius 2 is 2.35 bits per heavy atom. The van der Waals surface area contributed by atoms with Gasteiger partial charge in [0.2, 0.25) is 0 Å². The summed E-state index contributed by atoms with van der Waals surface area (Å²) >= 11 is 1.83. The summed E-state index contributed by atoms with van der Waals surface area (Å²) in [4.78, 5) is 8.08. The Bertz CT molecular complexity index is 405. The predicted molar refractivity (Wildman–Crippen MR) is 99.4 cm³/mol. The highest BCUT2D eigenvalue weighted by atomic mass is 127. The number of nitrogens with zero attached hydrogens (tertiary/aromatic N) is 2. The van der Waals surface area contributed by atoms with Gasteiger partial charge in [0.05, 0.1) is 0 Å². The third kappa shape index (κ3) is 5.24. The second-order valence-electron chi connectivity index (χ2n) is 5.33. The van der Waals surface area contributed by atoms with Crippen LogP contribution >= 0.6 is 35.3 Å². The first-order chi connectivity index (χ1) is 9.24. The molecule has 3 nitrogen and oxygen atoms in total. The number of rotatable bonds is 6. The van der Waals surface area contributed by atoms with Crippen LogP contribution in [0.1, 0.15) is 31.1 Å². The molecule has 1 aromatic heterocycles. The molecule has 2 rings (SSSR count). The molecule has 0 aliphatic heterocycles. The van der Waals surface area contributed by atoms with Crippen LogP contribution in [0.2, 0.25) is 0 Å². The van der Waals surface area contributed by atoms with Crippen molar-refractivity contribution >= 4 is 41.3 Å². The van der Waals surface area contributed by atoms with Crippen molar-refractivity contribution in [1.29, 1.82) is 0 Å². The molecular weight excluding hydrogens is 381 g/mol. The van der Waals surface area contributed by atoms with Crippen molar-refractivity contribution in [3.63, 3.8) is 0 Å². The number of aliphatic imine (C=N–C) groups is 1. The summed E-state index contributed by atoms with van der Waals surface area (Å²) in [5.74, 6) is 1.91. The molecular formula is C15H26IN3S. The molecule has 114 valence electrons. The molecule has 2 atom stereocenters. The first kappa shape index (κ1) is 17.8. The van der Waals surface area contributed by atoms with Crippen molar-refractivity contribution in [3.05, 3.63) is 22.4 Å². The lowest BCUT2D eigenvalue weighted by Gasteiger charge is -2.22. The summed E-state index contributed by atoms with van der Waals surface area (Å²) < 4.78 is 0. The number of halogens is 1. The molecule has 20 heavy (non-hydrogen) atoms. The summed E-state index contributed by atoms with van der Waals surface area (Å²) in [7, 11) is 4.00. The lowest BCUT2D eigenvalue weighted by molar-refractivity contribution is 0.482. The van der Waals surface area contributed by atoms with Crippen molar-refractivity contribution in [2.24, 2.45) is 10.9 Å². The highest BCUT2D eigenvalue weighted by Crippen LogP contribution is 2.34. The van der Waals surface area contributed by atoms with Crippen LogP contribution in [0, 0.1) is 5.92 Å². The minimum Gasteiger partial charge on any atom is -0.353 e. The third-order valence-electron chi connectivity index (χ3n) is 3.74. The molecule has 1 heterocycles. The Balaban J connectivity index is 0.00000200. The van der Waals surface area contributed by atoms with Crippen molar-refractivity contribution in [1.82, 2.24) is 10.2 Å². The van der Waals surface area contributed by atoms with Gasteiger partial charge in [0.15, 0.2) is 5.96 Å². The van der Waals surface area contributed by atoms with E-state index in [0.29, 0.717) is 6.04 Å². The predicted octanol–water partition coefficient (Wildman–Crippen LogP) is 3.60. The van der Waals surface area contributed by atoms with Crippen LogP contribution < -0.4 is 5.32 Å². The van der Waals surface area contributed by atoms with Crippen molar-refractivity contribution in [3.8, 4) is 0 Å². The third-order valence-corrected chi connectivity index (χ3v) is 4.68. The summed E-state index contributed by atoms with van der Waals surface area (Å²) in [6.07, 6.45) is 5.03. The van der Waals surface area contributed by atoms with Gasteiger partial charge in [0, 0.05) is 31.6 Å². The number of likely N-dealkylation sites (N-methyl/N-ethyl adjacent to an activating group) is 1. The Morgan fingerprint density at radius 1 is 1.55 bits per heavy atom. The van der Waals surface area contributed by atoms with Gasteiger partial charge in [-0.1, -0.05) is 19.4 Å². The number of nitrogens with one attached hydrogen (secondary N) is 1. The van der Waals surface area contributed by atoms with Gasteiger partial charge in [-0.2, -0.15) is 0 Å². The maximum Gasteiger partial charge on any atom is 0.193 e. The Morgan fingerprint density at radius 3 is 2.95 bits per heavy atom. The molecule has 0 spiro atoms. The monoisotopic (exact) mass is 407 g/mol. The van der Waals surface area contributed by atoms with E-state index in [1.54, 1.807) is 0 Å². The average molecular weight is 407 g/mol. The molecule has 1 aliphatic rings. The largest absolute Gasteiger partial charge is 0.353 e. The van der Waals surface area contributed by atoms with Crippen LogP contribution in [0.4, 0.5) is 0 Å². The van der Waals surface area contributed by atoms with Crippen LogP contribution in [0.5, 0.6) is 0 Å². The topological polar surface area (TPSA) is 27.6 Å². The Hall–Kier alpha value is -0.300. The van der Waals surface area contributed by atoms with E-state index in [9.17, 15) is 0 Å². The number of guanidine groups is 1. The quantitative estimate of drug-likeness (QED) is 0.443. The summed E-state index contributed by atoms with van der Waals surface area (Å²) in [6.45, 7) is 3.28. The lowest BCUT2D eigenvalue weighted by atomic mass is 10.2. The first-order valence-electron chi connectivity index (χ1n) is 7.21. The standard InChI is InChI=1S/C15H25N3S.HI/c1-4-6-12-11-14(12)17-15(16-2)18(3)9-8-13-7-5-10-19-13;/h5,7,10,12,14H,4,6,8-9,11H2,1-3H3,(H,16,17);1H. The molecule has 1 aromatic rings. The minimum absolute atomic E-state index is 0. The second-order valence-corrected chi connectivity index (χ2v) is 6.37. The number of thiophene rings is 1. The van der Waals surface area contributed by atoms with E-state index in [0.717, 1.165) is 24.8 Å². The van der Waals surface area contributed by atoms with Gasteiger partial charge in [0.1, 0.15) is 0 Å². The fourth-order valence-electron chi connectivity index (χ4n) is 2.46. The second kappa shape index (κ2) is 8.87. The zero-order valence-electron chi connectivity index (χ0n) is 12.6. The van der Waals surface area contributed by atoms with Crippen molar-refractivity contribution in [2.45, 2.75) is 38.6 Å². The van der Waals surface area contributed by atoms with Crippen LogP contribution in [-0.4, -0.2) is 37.5 Å². The zero-order chi connectivity index (χ0) is 13.7. The van der Waals surface area contributed by atoms with Crippen molar-refractivity contribution < 1.29 is 0 Å². The summed E-state index contributed by atoms with van der Waals surface area (Å²) in [6, 6.07) is 4.97. The van der Waals surface area contributed by atoms with Crippen molar-refractivity contribution in [2.75, 3.05) is 20.6 Å². The molecule has 2 unspecified atom stereocenters. The maximum atomic E-state index is 4.40. The van der Waals surface area contributed by atoms with E-state index in [4.69, 9.17) is 0 Å². The molecule has 1 N–H and O–H groups in total. The van der Waals surface area contributed by atoms with Gasteiger partial charge in [-0.15, -0.1) is 35.3 Å². The molecule has 1 saturated carbocycles. The molecule has 5 heteroatoms. The molecule has 1 aliphatic carbocycles. The van der Waals surface area contributed by atoms with E-state index in [1.807, 2.05) is 18.4 Å². The summed E-state index contributed by atoms with van der Waals surface area (Å²) in [5, 5.41) is 5.73. The van der Waals surface area contributed by atoms with Crippen LogP contribution in [-0.2, 0) is 6.42 Å². The molecule has 0 bridgehead atoms. The van der Waals surface area contributed by atoms with Gasteiger partial charge in [-0.05, 0) is 36.6 Å². The van der Waals surface area contributed by atoms with E-state index in [2.05, 4.69) is 46.7 Å². The number of hydrogen-bond acceptors (Lipinski definition) is 2. The smallest absolute Gasteiger partial charge is 0.193 e. The van der Waals surface area contributed by atoms with Gasteiger partial charge < -0.3 is 10.2 Å². The molecule has 0 amide bonds. The van der Waals surface area contributed by atoms with Gasteiger partial charge >= 0.3 is 0 Å².